The molecule has 5 rings (SSSR count). The van der Waals surface area contributed by atoms with Gasteiger partial charge in [0.25, 0.3) is 5.91 Å². The molecule has 3 heterocycles. The second-order valence-electron chi connectivity index (χ2n) is 7.12. The molecule has 28 heavy (non-hydrogen) atoms. The van der Waals surface area contributed by atoms with Crippen LogP contribution >= 0.6 is 11.8 Å². The number of rotatable bonds is 3. The Morgan fingerprint density at radius 1 is 1.29 bits per heavy atom. The van der Waals surface area contributed by atoms with E-state index in [1.807, 2.05) is 36.7 Å². The Kier molecular flexibility index (Phi) is 4.33. The molecular weight excluding hydrogens is 370 g/mol. The fourth-order valence-electron chi connectivity index (χ4n) is 4.03. The minimum Gasteiger partial charge on any atom is -0.346 e. The summed E-state index contributed by atoms with van der Waals surface area (Å²) in [6.45, 7) is 0.845. The molecule has 0 saturated heterocycles. The first-order chi connectivity index (χ1) is 13.7. The van der Waals surface area contributed by atoms with Crippen LogP contribution in [0.2, 0.25) is 0 Å². The van der Waals surface area contributed by atoms with Crippen LogP contribution in [0.4, 0.5) is 5.69 Å². The van der Waals surface area contributed by atoms with Gasteiger partial charge in [-0.3, -0.25) is 4.79 Å². The van der Waals surface area contributed by atoms with Crippen LogP contribution in [-0.2, 0) is 11.2 Å². The molecule has 2 aromatic heterocycles. The van der Waals surface area contributed by atoms with Crippen molar-refractivity contribution in [1.82, 2.24) is 15.3 Å². The van der Waals surface area contributed by atoms with Crippen molar-refractivity contribution >= 4 is 34.4 Å². The van der Waals surface area contributed by atoms with Crippen molar-refractivity contribution in [2.24, 2.45) is 5.73 Å². The van der Waals surface area contributed by atoms with Gasteiger partial charge in [0, 0.05) is 42.3 Å². The number of carbonyl (C=O) groups is 1. The maximum atomic E-state index is 13.0. The second-order valence-corrected chi connectivity index (χ2v) is 8.26. The number of thioether (sulfide) groups is 1. The number of benzene rings is 1. The molecule has 3 aromatic rings. The van der Waals surface area contributed by atoms with Crippen molar-refractivity contribution in [3.8, 4) is 0 Å². The van der Waals surface area contributed by atoms with Gasteiger partial charge in [-0.2, -0.15) is 0 Å². The number of nitrogens with two attached hydrogens (primary N) is 1. The summed E-state index contributed by atoms with van der Waals surface area (Å²) >= 11 is 1.59. The van der Waals surface area contributed by atoms with Gasteiger partial charge in [-0.15, -0.1) is 11.8 Å². The molecule has 2 aliphatic rings. The molecule has 6 nitrogen and oxygen atoms in total. The highest BCUT2D eigenvalue weighted by Crippen LogP contribution is 2.33. The number of hydrogen-bond acceptors (Lipinski definition) is 5. The summed E-state index contributed by atoms with van der Waals surface area (Å²) in [7, 11) is 0. The molecule has 0 radical (unpaired) electrons. The molecule has 1 amide bonds. The lowest BCUT2D eigenvalue weighted by Crippen LogP contribution is -2.39. The summed E-state index contributed by atoms with van der Waals surface area (Å²) in [6, 6.07) is 11.9. The van der Waals surface area contributed by atoms with Crippen molar-refractivity contribution < 1.29 is 4.79 Å². The highest BCUT2D eigenvalue weighted by Gasteiger charge is 2.32. The number of H-pyrrole nitrogens is 1. The SMILES string of the molecule is N[C@H]1Cc2ccccc2[C@H]1NC(=O)C1=CN(c2ccnc3[nH]ccc23)CCS1. The lowest BCUT2D eigenvalue weighted by atomic mass is 10.1. The molecule has 1 aliphatic heterocycles. The fourth-order valence-corrected chi connectivity index (χ4v) is 4.93. The van der Waals surface area contributed by atoms with Crippen molar-refractivity contribution in [3.05, 3.63) is 71.0 Å². The van der Waals surface area contributed by atoms with Crippen LogP contribution in [0.3, 0.4) is 0 Å². The van der Waals surface area contributed by atoms with Gasteiger partial charge in [0.05, 0.1) is 16.6 Å². The lowest BCUT2D eigenvalue weighted by molar-refractivity contribution is -0.117. The van der Waals surface area contributed by atoms with Gasteiger partial charge in [0.2, 0.25) is 0 Å². The summed E-state index contributed by atoms with van der Waals surface area (Å²) in [6.07, 6.45) is 6.41. The zero-order valence-corrected chi connectivity index (χ0v) is 16.1. The molecule has 7 heteroatoms. The predicted octanol–water partition coefficient (Wildman–Crippen LogP) is 2.70. The van der Waals surface area contributed by atoms with E-state index >= 15 is 0 Å². The highest BCUT2D eigenvalue weighted by molar-refractivity contribution is 8.04. The Labute approximate surface area is 167 Å². The van der Waals surface area contributed by atoms with Gasteiger partial charge in [-0.25, -0.2) is 4.98 Å². The van der Waals surface area contributed by atoms with E-state index < -0.39 is 0 Å². The van der Waals surface area contributed by atoms with Crippen LogP contribution in [0.1, 0.15) is 17.2 Å². The van der Waals surface area contributed by atoms with Crippen LogP contribution < -0.4 is 16.0 Å². The van der Waals surface area contributed by atoms with Gasteiger partial charge in [0.15, 0.2) is 0 Å². The lowest BCUT2D eigenvalue weighted by Gasteiger charge is -2.27. The van der Waals surface area contributed by atoms with Crippen LogP contribution in [0, 0.1) is 0 Å². The smallest absolute Gasteiger partial charge is 0.259 e. The molecular formula is C21H21N5OS. The number of pyridine rings is 1. The number of hydrogen-bond donors (Lipinski definition) is 3. The molecule has 2 atom stereocenters. The molecule has 0 spiro atoms. The van der Waals surface area contributed by atoms with E-state index in [0.29, 0.717) is 4.91 Å². The highest BCUT2D eigenvalue weighted by atomic mass is 32.2. The van der Waals surface area contributed by atoms with Crippen LogP contribution in [-0.4, -0.2) is 34.2 Å². The van der Waals surface area contributed by atoms with E-state index in [-0.39, 0.29) is 18.0 Å². The topological polar surface area (TPSA) is 87.0 Å². The van der Waals surface area contributed by atoms with Crippen molar-refractivity contribution in [1.29, 1.82) is 0 Å². The largest absolute Gasteiger partial charge is 0.346 e. The molecule has 0 fully saturated rings. The average molecular weight is 392 g/mol. The second kappa shape index (κ2) is 7.00. The Morgan fingerprint density at radius 2 is 2.18 bits per heavy atom. The maximum Gasteiger partial charge on any atom is 0.259 e. The Bertz CT molecular complexity index is 1080. The van der Waals surface area contributed by atoms with Gasteiger partial charge in [-0.1, -0.05) is 24.3 Å². The number of nitrogens with zero attached hydrogens (tertiary/aromatic N) is 2. The monoisotopic (exact) mass is 391 g/mol. The van der Waals surface area contributed by atoms with Crippen LogP contribution in [0.15, 0.2) is 59.9 Å². The van der Waals surface area contributed by atoms with Gasteiger partial charge >= 0.3 is 0 Å². The molecule has 0 bridgehead atoms. The number of fused-ring (bicyclic) bond motifs is 2. The minimum atomic E-state index is -0.141. The van der Waals surface area contributed by atoms with Gasteiger partial charge in [0.1, 0.15) is 5.65 Å². The van der Waals surface area contributed by atoms with Gasteiger partial charge < -0.3 is 20.9 Å². The summed E-state index contributed by atoms with van der Waals surface area (Å²) in [5.74, 6) is 0.784. The third-order valence-corrected chi connectivity index (χ3v) is 6.38. The van der Waals surface area contributed by atoms with Gasteiger partial charge in [-0.05, 0) is 29.7 Å². The number of aromatic nitrogens is 2. The predicted molar refractivity (Wildman–Crippen MR) is 113 cm³/mol. The van der Waals surface area contributed by atoms with E-state index in [1.165, 1.54) is 5.56 Å². The van der Waals surface area contributed by atoms with E-state index in [2.05, 4.69) is 32.3 Å². The standard InChI is InChI=1S/C21H21N5OS/c22-16-11-13-3-1-2-4-14(13)19(16)25-21(27)18-12-26(9-10-28-18)17-6-8-24-20-15(17)5-7-23-20/h1-8,12,16,19H,9-11,22H2,(H,23,24)(H,25,27)/t16-,19+/m0/s1. The first kappa shape index (κ1) is 17.3. The van der Waals surface area contributed by atoms with Crippen LogP contribution in [0.5, 0.6) is 0 Å². The molecule has 1 aromatic carbocycles. The van der Waals surface area contributed by atoms with E-state index in [1.54, 1.807) is 18.0 Å². The number of amides is 1. The first-order valence-electron chi connectivity index (χ1n) is 9.38. The third kappa shape index (κ3) is 2.96. The Balaban J connectivity index is 1.40. The summed E-state index contributed by atoms with van der Waals surface area (Å²) < 4.78 is 0. The molecule has 0 saturated carbocycles. The minimum absolute atomic E-state index is 0.0637. The fraction of sp³-hybridized carbons (Fsp3) is 0.238. The Morgan fingerprint density at radius 3 is 3.11 bits per heavy atom. The number of aromatic amines is 1. The first-order valence-corrected chi connectivity index (χ1v) is 10.4. The zero-order chi connectivity index (χ0) is 19.1. The van der Waals surface area contributed by atoms with E-state index in [9.17, 15) is 4.79 Å². The summed E-state index contributed by atoms with van der Waals surface area (Å²) in [5, 5.41) is 4.21. The number of anilines is 1. The van der Waals surface area contributed by atoms with Crippen molar-refractivity contribution in [2.75, 3.05) is 17.2 Å². The molecule has 1 aliphatic carbocycles. The Hall–Kier alpha value is -2.77. The third-order valence-electron chi connectivity index (χ3n) is 5.39. The number of nitrogens with one attached hydrogen (secondary N) is 2. The van der Waals surface area contributed by atoms with Crippen LogP contribution in [0.25, 0.3) is 11.0 Å². The zero-order valence-electron chi connectivity index (χ0n) is 15.3. The maximum absolute atomic E-state index is 13.0. The van der Waals surface area contributed by atoms with E-state index in [4.69, 9.17) is 5.73 Å². The quantitative estimate of drug-likeness (QED) is 0.639. The van der Waals surface area contributed by atoms with E-state index in [0.717, 1.165) is 41.0 Å². The van der Waals surface area contributed by atoms with Crippen molar-refractivity contribution in [2.45, 2.75) is 18.5 Å². The average Bonchev–Trinajstić information content (AvgIpc) is 3.32. The molecule has 142 valence electrons. The molecule has 0 unspecified atom stereocenters. The molecule has 4 N–H and O–H groups in total. The van der Waals surface area contributed by atoms with Crippen molar-refractivity contribution in [3.63, 3.8) is 0 Å². The number of carbonyl (C=O) groups excluding carboxylic acids is 1. The normalized spacial score (nSPS) is 21.5. The summed E-state index contributed by atoms with van der Waals surface area (Å²) in [4.78, 5) is 23.3. The summed E-state index contributed by atoms with van der Waals surface area (Å²) in [5.41, 5.74) is 10.6.